The largest absolute Gasteiger partial charge is 0.396 e. The van der Waals surface area contributed by atoms with Crippen LogP contribution in [-0.2, 0) is 4.79 Å². The maximum Gasteiger partial charge on any atom is 0.233 e. The van der Waals surface area contributed by atoms with Crippen molar-refractivity contribution in [2.75, 3.05) is 19.7 Å². The van der Waals surface area contributed by atoms with Gasteiger partial charge in [0.25, 0.3) is 0 Å². The molecule has 3 N–H and O–H groups in total. The second kappa shape index (κ2) is 5.98. The van der Waals surface area contributed by atoms with Gasteiger partial charge in [-0.15, -0.1) is 0 Å². The van der Waals surface area contributed by atoms with E-state index in [1.807, 2.05) is 27.7 Å². The quantitative estimate of drug-likeness (QED) is 0.573. The third kappa shape index (κ3) is 6.86. The predicted octanol–water partition coefficient (Wildman–Crippen LogP) is 0.119. The molecule has 0 aliphatic rings. The normalized spacial score (nSPS) is 11.9. The lowest BCUT2D eigenvalue weighted by Gasteiger charge is -2.22. The first kappa shape index (κ1) is 13.4. The highest BCUT2D eigenvalue weighted by Crippen LogP contribution is 2.10. The summed E-state index contributed by atoms with van der Waals surface area (Å²) >= 11 is 0. The number of aliphatic hydroxyl groups is 1. The molecular formula is C10H22N2O2. The van der Waals surface area contributed by atoms with Crippen LogP contribution in [0.5, 0.6) is 0 Å². The van der Waals surface area contributed by atoms with Gasteiger partial charge >= 0.3 is 0 Å². The fraction of sp³-hybridized carbons (Fsp3) is 0.900. The van der Waals surface area contributed by atoms with E-state index in [9.17, 15) is 4.79 Å². The highest BCUT2D eigenvalue weighted by Gasteiger charge is 2.17. The minimum absolute atomic E-state index is 0.0276. The lowest BCUT2D eigenvalue weighted by Crippen LogP contribution is -2.41. The Morgan fingerprint density at radius 3 is 2.43 bits per heavy atom. The van der Waals surface area contributed by atoms with E-state index in [2.05, 4.69) is 10.6 Å². The molecule has 0 bridgehead atoms. The summed E-state index contributed by atoms with van der Waals surface area (Å²) in [6.45, 7) is 8.70. The van der Waals surface area contributed by atoms with Crippen LogP contribution >= 0.6 is 0 Å². The Morgan fingerprint density at radius 2 is 2.00 bits per heavy atom. The number of amides is 1. The molecule has 84 valence electrons. The summed E-state index contributed by atoms with van der Waals surface area (Å²) in [6.07, 6.45) is 0. The van der Waals surface area contributed by atoms with Crippen molar-refractivity contribution in [3.05, 3.63) is 0 Å². The van der Waals surface area contributed by atoms with Crippen LogP contribution in [0.3, 0.4) is 0 Å². The summed E-state index contributed by atoms with van der Waals surface area (Å²) in [5.41, 5.74) is -0.243. The summed E-state index contributed by atoms with van der Waals surface area (Å²) in [7, 11) is 0. The maximum absolute atomic E-state index is 11.3. The fourth-order valence-corrected chi connectivity index (χ4v) is 0.753. The zero-order chi connectivity index (χ0) is 11.2. The Bertz CT molecular complexity index is 179. The van der Waals surface area contributed by atoms with Gasteiger partial charge in [-0.2, -0.15) is 0 Å². The molecule has 0 aliphatic heterocycles. The average Bonchev–Trinajstić information content (AvgIpc) is 2.11. The number of hydrogen-bond donors (Lipinski definition) is 3. The van der Waals surface area contributed by atoms with Gasteiger partial charge in [-0.3, -0.25) is 4.79 Å². The van der Waals surface area contributed by atoms with Gasteiger partial charge in [0.1, 0.15) is 0 Å². The monoisotopic (exact) mass is 202 g/mol. The molecule has 0 aromatic rings. The number of aliphatic hydroxyl groups excluding tert-OH is 1. The number of hydrogen-bond acceptors (Lipinski definition) is 3. The Morgan fingerprint density at radius 1 is 1.43 bits per heavy atom. The van der Waals surface area contributed by atoms with E-state index in [0.717, 1.165) is 0 Å². The van der Waals surface area contributed by atoms with Gasteiger partial charge < -0.3 is 15.7 Å². The van der Waals surface area contributed by atoms with Crippen molar-refractivity contribution in [3.8, 4) is 0 Å². The van der Waals surface area contributed by atoms with E-state index in [1.165, 1.54) is 0 Å². The minimum atomic E-state index is -0.243. The molecule has 0 unspecified atom stereocenters. The van der Waals surface area contributed by atoms with Crippen LogP contribution in [0.1, 0.15) is 27.7 Å². The molecule has 0 radical (unpaired) electrons. The molecule has 0 saturated carbocycles. The SMILES string of the molecule is CC(C)NCC(=O)NCC(C)(C)CO. The summed E-state index contributed by atoms with van der Waals surface area (Å²) in [5.74, 6) is -0.0276. The third-order valence-electron chi connectivity index (χ3n) is 1.86. The first-order valence-corrected chi connectivity index (χ1v) is 4.98. The van der Waals surface area contributed by atoms with Gasteiger partial charge in [-0.1, -0.05) is 27.7 Å². The van der Waals surface area contributed by atoms with E-state index in [-0.39, 0.29) is 17.9 Å². The topological polar surface area (TPSA) is 61.4 Å². The zero-order valence-corrected chi connectivity index (χ0v) is 9.55. The Labute approximate surface area is 86.1 Å². The van der Waals surface area contributed by atoms with E-state index in [1.54, 1.807) is 0 Å². The maximum atomic E-state index is 11.3. The first-order valence-electron chi connectivity index (χ1n) is 4.98. The second-order valence-electron chi connectivity index (χ2n) is 4.63. The molecule has 1 amide bonds. The molecule has 0 spiro atoms. The van der Waals surface area contributed by atoms with Crippen molar-refractivity contribution < 1.29 is 9.90 Å². The molecular weight excluding hydrogens is 180 g/mol. The molecule has 0 atom stereocenters. The lowest BCUT2D eigenvalue weighted by molar-refractivity contribution is -0.120. The van der Waals surface area contributed by atoms with Crippen LogP contribution in [0, 0.1) is 5.41 Å². The second-order valence-corrected chi connectivity index (χ2v) is 4.63. The van der Waals surface area contributed by atoms with Crippen molar-refractivity contribution >= 4 is 5.91 Å². The Kier molecular flexibility index (Phi) is 5.72. The van der Waals surface area contributed by atoms with Crippen LogP contribution in [0.15, 0.2) is 0 Å². The molecule has 0 saturated heterocycles. The van der Waals surface area contributed by atoms with Crippen LogP contribution in [0.2, 0.25) is 0 Å². The summed E-state index contributed by atoms with van der Waals surface area (Å²) < 4.78 is 0. The summed E-state index contributed by atoms with van der Waals surface area (Å²) in [5, 5.41) is 14.8. The van der Waals surface area contributed by atoms with Gasteiger partial charge in [0.2, 0.25) is 5.91 Å². The molecule has 4 nitrogen and oxygen atoms in total. The molecule has 0 aromatic carbocycles. The molecule has 0 aromatic heterocycles. The third-order valence-corrected chi connectivity index (χ3v) is 1.86. The molecule has 0 rings (SSSR count). The molecule has 0 fully saturated rings. The van der Waals surface area contributed by atoms with Crippen LogP contribution < -0.4 is 10.6 Å². The smallest absolute Gasteiger partial charge is 0.233 e. The highest BCUT2D eigenvalue weighted by atomic mass is 16.3. The van der Waals surface area contributed by atoms with Crippen molar-refractivity contribution in [2.24, 2.45) is 5.41 Å². The lowest BCUT2D eigenvalue weighted by atomic mass is 9.95. The van der Waals surface area contributed by atoms with Gasteiger partial charge in [0, 0.05) is 24.6 Å². The fourth-order valence-electron chi connectivity index (χ4n) is 0.753. The molecule has 14 heavy (non-hydrogen) atoms. The van der Waals surface area contributed by atoms with Crippen molar-refractivity contribution in [1.29, 1.82) is 0 Å². The summed E-state index contributed by atoms with van der Waals surface area (Å²) in [6, 6.07) is 0.312. The van der Waals surface area contributed by atoms with E-state index >= 15 is 0 Å². The number of carbonyl (C=O) groups excluding carboxylic acids is 1. The van der Waals surface area contributed by atoms with E-state index < -0.39 is 0 Å². The number of carbonyl (C=O) groups is 1. The van der Waals surface area contributed by atoms with Crippen molar-refractivity contribution in [2.45, 2.75) is 33.7 Å². The molecule has 0 heterocycles. The Hall–Kier alpha value is -0.610. The standard InChI is InChI=1S/C10H22N2O2/c1-8(2)11-5-9(14)12-6-10(3,4)7-13/h8,11,13H,5-7H2,1-4H3,(H,12,14). The van der Waals surface area contributed by atoms with Crippen molar-refractivity contribution in [1.82, 2.24) is 10.6 Å². The number of nitrogens with one attached hydrogen (secondary N) is 2. The van der Waals surface area contributed by atoms with Crippen LogP contribution in [0.4, 0.5) is 0 Å². The Balaban J connectivity index is 3.64. The van der Waals surface area contributed by atoms with Crippen LogP contribution in [0.25, 0.3) is 0 Å². The molecule has 4 heteroatoms. The van der Waals surface area contributed by atoms with Gasteiger partial charge in [0.05, 0.1) is 6.54 Å². The van der Waals surface area contributed by atoms with Crippen molar-refractivity contribution in [3.63, 3.8) is 0 Å². The zero-order valence-electron chi connectivity index (χ0n) is 9.55. The minimum Gasteiger partial charge on any atom is -0.396 e. The van der Waals surface area contributed by atoms with E-state index in [0.29, 0.717) is 19.1 Å². The molecule has 0 aliphatic carbocycles. The van der Waals surface area contributed by atoms with E-state index in [4.69, 9.17) is 5.11 Å². The predicted molar refractivity (Wildman–Crippen MR) is 57.0 cm³/mol. The number of rotatable bonds is 6. The summed E-state index contributed by atoms with van der Waals surface area (Å²) in [4.78, 5) is 11.3. The highest BCUT2D eigenvalue weighted by molar-refractivity contribution is 5.78. The average molecular weight is 202 g/mol. The van der Waals surface area contributed by atoms with Gasteiger partial charge in [0.15, 0.2) is 0 Å². The van der Waals surface area contributed by atoms with Crippen LogP contribution in [-0.4, -0.2) is 36.8 Å². The van der Waals surface area contributed by atoms with Gasteiger partial charge in [-0.25, -0.2) is 0 Å². The van der Waals surface area contributed by atoms with Gasteiger partial charge in [-0.05, 0) is 0 Å². The first-order chi connectivity index (χ1) is 6.37.